The highest BCUT2D eigenvalue weighted by Gasteiger charge is 2.48. The van der Waals surface area contributed by atoms with Crippen molar-refractivity contribution in [3.8, 4) is 0 Å². The lowest BCUT2D eigenvalue weighted by Gasteiger charge is -2.36. The Morgan fingerprint density at radius 1 is 1.30 bits per heavy atom. The van der Waals surface area contributed by atoms with E-state index >= 15 is 0 Å². The highest BCUT2D eigenvalue weighted by atomic mass is 19.1. The van der Waals surface area contributed by atoms with E-state index in [4.69, 9.17) is 5.11 Å². The molecule has 1 aliphatic carbocycles. The van der Waals surface area contributed by atoms with Gasteiger partial charge in [-0.05, 0) is 42.5 Å². The summed E-state index contributed by atoms with van der Waals surface area (Å²) in [5, 5.41) is 9.14. The molecule has 1 N–H and O–H groups in total. The van der Waals surface area contributed by atoms with Gasteiger partial charge < -0.3 is 10.0 Å². The van der Waals surface area contributed by atoms with Crippen LogP contribution < -0.4 is 0 Å². The molecule has 1 aromatic rings. The zero-order chi connectivity index (χ0) is 13.9. The van der Waals surface area contributed by atoms with E-state index in [1.54, 1.807) is 11.0 Å². The molecular formula is C15H17FN2O2. The third kappa shape index (κ3) is 1.66. The third-order valence-corrected chi connectivity index (χ3v) is 5.08. The molecule has 2 aliphatic heterocycles. The van der Waals surface area contributed by atoms with Crippen LogP contribution in [-0.2, 0) is 6.42 Å². The average Bonchev–Trinajstić information content (AvgIpc) is 3.09. The highest BCUT2D eigenvalue weighted by molar-refractivity contribution is 5.66. The standard InChI is InChI=1S/C15H17FN2O2/c16-10-2-3-13-9(5-10)1-4-14(13)17-7-12-6-11(17)8-18(12)15(19)20/h2-3,5,11-12,14H,1,4,6-8H2,(H,19,20). The molecule has 1 aromatic carbocycles. The van der Waals surface area contributed by atoms with E-state index in [0.29, 0.717) is 18.6 Å². The predicted molar refractivity (Wildman–Crippen MR) is 71.1 cm³/mol. The fourth-order valence-electron chi connectivity index (χ4n) is 4.22. The summed E-state index contributed by atoms with van der Waals surface area (Å²) in [6.45, 7) is 1.44. The summed E-state index contributed by atoms with van der Waals surface area (Å²) in [6, 6.07) is 5.90. The summed E-state index contributed by atoms with van der Waals surface area (Å²) in [7, 11) is 0. The fraction of sp³-hybridized carbons (Fsp3) is 0.533. The monoisotopic (exact) mass is 276 g/mol. The van der Waals surface area contributed by atoms with Crippen molar-refractivity contribution in [3.05, 3.63) is 35.1 Å². The van der Waals surface area contributed by atoms with E-state index < -0.39 is 6.09 Å². The Bertz CT molecular complexity index is 577. The molecule has 0 saturated carbocycles. The molecule has 20 heavy (non-hydrogen) atoms. The van der Waals surface area contributed by atoms with E-state index in [0.717, 1.165) is 31.4 Å². The van der Waals surface area contributed by atoms with Crippen LogP contribution in [0, 0.1) is 5.82 Å². The number of fused-ring (bicyclic) bond motifs is 3. The van der Waals surface area contributed by atoms with Gasteiger partial charge in [0.25, 0.3) is 0 Å². The number of halogens is 1. The van der Waals surface area contributed by atoms with Gasteiger partial charge in [-0.25, -0.2) is 9.18 Å². The maximum atomic E-state index is 13.3. The van der Waals surface area contributed by atoms with E-state index in [1.807, 2.05) is 6.07 Å². The van der Waals surface area contributed by atoms with Gasteiger partial charge >= 0.3 is 6.09 Å². The molecular weight excluding hydrogens is 259 g/mol. The lowest BCUT2D eigenvalue weighted by atomic mass is 10.1. The lowest BCUT2D eigenvalue weighted by Crippen LogP contribution is -2.49. The smallest absolute Gasteiger partial charge is 0.407 e. The van der Waals surface area contributed by atoms with Crippen LogP contribution in [0.1, 0.15) is 30.0 Å². The van der Waals surface area contributed by atoms with Gasteiger partial charge in [-0.1, -0.05) is 6.07 Å². The number of piperazine rings is 1. The number of carboxylic acid groups (broad SMARTS) is 1. The summed E-state index contributed by atoms with van der Waals surface area (Å²) < 4.78 is 13.3. The minimum absolute atomic E-state index is 0.141. The van der Waals surface area contributed by atoms with E-state index in [9.17, 15) is 9.18 Å². The number of rotatable bonds is 1. The summed E-state index contributed by atoms with van der Waals surface area (Å²) in [4.78, 5) is 15.1. The summed E-state index contributed by atoms with van der Waals surface area (Å²) in [6.07, 6.45) is 2.09. The van der Waals surface area contributed by atoms with Gasteiger partial charge in [0.1, 0.15) is 5.82 Å². The molecule has 1 amide bonds. The molecule has 2 fully saturated rings. The number of carbonyl (C=O) groups is 1. The third-order valence-electron chi connectivity index (χ3n) is 5.08. The quantitative estimate of drug-likeness (QED) is 0.855. The van der Waals surface area contributed by atoms with E-state index in [1.165, 1.54) is 11.6 Å². The number of aryl methyl sites for hydroxylation is 1. The molecule has 3 atom stereocenters. The zero-order valence-corrected chi connectivity index (χ0v) is 11.1. The number of benzene rings is 1. The molecule has 2 saturated heterocycles. The molecule has 0 radical (unpaired) electrons. The Morgan fingerprint density at radius 3 is 2.85 bits per heavy atom. The Kier molecular flexibility index (Phi) is 2.54. The number of hydrogen-bond acceptors (Lipinski definition) is 2. The largest absolute Gasteiger partial charge is 0.465 e. The Morgan fingerprint density at radius 2 is 2.15 bits per heavy atom. The van der Waals surface area contributed by atoms with Crippen molar-refractivity contribution in [3.63, 3.8) is 0 Å². The molecule has 4 rings (SSSR count). The topological polar surface area (TPSA) is 43.8 Å². The minimum Gasteiger partial charge on any atom is -0.465 e. The zero-order valence-electron chi connectivity index (χ0n) is 11.1. The van der Waals surface area contributed by atoms with Crippen molar-refractivity contribution in [2.75, 3.05) is 13.1 Å². The second kappa shape index (κ2) is 4.19. The van der Waals surface area contributed by atoms with E-state index in [2.05, 4.69) is 4.90 Å². The first-order chi connectivity index (χ1) is 9.63. The van der Waals surface area contributed by atoms with E-state index in [-0.39, 0.29) is 11.9 Å². The maximum Gasteiger partial charge on any atom is 0.407 e. The Hall–Kier alpha value is -1.62. The van der Waals surface area contributed by atoms with Crippen molar-refractivity contribution in [1.29, 1.82) is 0 Å². The summed E-state index contributed by atoms with van der Waals surface area (Å²) in [5.74, 6) is -0.163. The van der Waals surface area contributed by atoms with Crippen molar-refractivity contribution in [1.82, 2.24) is 9.80 Å². The van der Waals surface area contributed by atoms with Crippen LogP contribution in [0.4, 0.5) is 9.18 Å². The molecule has 3 unspecified atom stereocenters. The molecule has 0 aromatic heterocycles. The second-order valence-corrected chi connectivity index (χ2v) is 6.07. The summed E-state index contributed by atoms with van der Waals surface area (Å²) in [5.41, 5.74) is 2.36. The molecule has 0 spiro atoms. The number of amides is 1. The SMILES string of the molecule is O=C(O)N1CC2CC1CN2C1CCc2cc(F)ccc21. The van der Waals surface area contributed by atoms with Crippen LogP contribution in [0.15, 0.2) is 18.2 Å². The van der Waals surface area contributed by atoms with Gasteiger partial charge in [0.2, 0.25) is 0 Å². The van der Waals surface area contributed by atoms with Gasteiger partial charge in [-0.2, -0.15) is 0 Å². The average molecular weight is 276 g/mol. The highest BCUT2D eigenvalue weighted by Crippen LogP contribution is 2.43. The first-order valence-electron chi connectivity index (χ1n) is 7.17. The lowest BCUT2D eigenvalue weighted by molar-refractivity contribution is 0.0821. The van der Waals surface area contributed by atoms with Crippen molar-refractivity contribution >= 4 is 6.09 Å². The molecule has 106 valence electrons. The van der Waals surface area contributed by atoms with Crippen LogP contribution in [0.25, 0.3) is 0 Å². The molecule has 2 heterocycles. The fourth-order valence-corrected chi connectivity index (χ4v) is 4.22. The minimum atomic E-state index is -0.800. The first kappa shape index (κ1) is 12.1. The maximum absolute atomic E-state index is 13.3. The van der Waals surface area contributed by atoms with Gasteiger partial charge in [0.15, 0.2) is 0 Å². The Balaban J connectivity index is 1.57. The molecule has 4 nitrogen and oxygen atoms in total. The van der Waals surface area contributed by atoms with Crippen LogP contribution in [0.2, 0.25) is 0 Å². The van der Waals surface area contributed by atoms with Gasteiger partial charge in [-0.15, -0.1) is 0 Å². The van der Waals surface area contributed by atoms with Crippen LogP contribution in [0.3, 0.4) is 0 Å². The first-order valence-corrected chi connectivity index (χ1v) is 7.17. The summed E-state index contributed by atoms with van der Waals surface area (Å²) >= 11 is 0. The normalized spacial score (nSPS) is 31.9. The molecule has 3 aliphatic rings. The van der Waals surface area contributed by atoms with Crippen LogP contribution in [-0.4, -0.2) is 46.2 Å². The molecule has 2 bridgehead atoms. The van der Waals surface area contributed by atoms with Crippen LogP contribution >= 0.6 is 0 Å². The number of nitrogens with zero attached hydrogens (tertiary/aromatic N) is 2. The van der Waals surface area contributed by atoms with Crippen LogP contribution in [0.5, 0.6) is 0 Å². The number of hydrogen-bond donors (Lipinski definition) is 1. The van der Waals surface area contributed by atoms with Gasteiger partial charge in [0, 0.05) is 31.2 Å². The number of likely N-dealkylation sites (tertiary alicyclic amines) is 2. The van der Waals surface area contributed by atoms with Gasteiger partial charge in [-0.3, -0.25) is 4.90 Å². The predicted octanol–water partition coefficient (Wildman–Crippen LogP) is 2.25. The van der Waals surface area contributed by atoms with Crippen molar-refractivity contribution in [2.45, 2.75) is 37.4 Å². The Labute approximate surface area is 116 Å². The second-order valence-electron chi connectivity index (χ2n) is 6.07. The molecule has 5 heteroatoms. The van der Waals surface area contributed by atoms with Crippen molar-refractivity contribution in [2.24, 2.45) is 0 Å². The van der Waals surface area contributed by atoms with Gasteiger partial charge in [0.05, 0.1) is 0 Å². The van der Waals surface area contributed by atoms with Crippen molar-refractivity contribution < 1.29 is 14.3 Å².